The zero-order valence-electron chi connectivity index (χ0n) is 7.47. The predicted molar refractivity (Wildman–Crippen MR) is 48.4 cm³/mol. The molecule has 0 aliphatic rings. The predicted octanol–water partition coefficient (Wildman–Crippen LogP) is 0.869. The van der Waals surface area contributed by atoms with Gasteiger partial charge in [-0.3, -0.25) is 0 Å². The minimum absolute atomic E-state index is 0.156. The van der Waals surface area contributed by atoms with Crippen LogP contribution in [0.4, 0.5) is 0 Å². The lowest BCUT2D eigenvalue weighted by atomic mass is 10.4. The first-order valence-electron chi connectivity index (χ1n) is 3.69. The van der Waals surface area contributed by atoms with Gasteiger partial charge in [-0.25, -0.2) is 0 Å². The Labute approximate surface area is 77.8 Å². The van der Waals surface area contributed by atoms with E-state index in [1.54, 1.807) is 18.2 Å². The van der Waals surface area contributed by atoms with Crippen molar-refractivity contribution in [2.75, 3.05) is 14.1 Å². The summed E-state index contributed by atoms with van der Waals surface area (Å²) in [6, 6.07) is 8.00. The Morgan fingerprint density at radius 1 is 1.15 bits per heavy atom. The molecule has 0 spiro atoms. The molecule has 0 aliphatic heterocycles. The van der Waals surface area contributed by atoms with E-state index < -0.39 is 10.1 Å². The van der Waals surface area contributed by atoms with Crippen molar-refractivity contribution < 1.29 is 12.7 Å². The molecule has 13 heavy (non-hydrogen) atoms. The van der Waals surface area contributed by atoms with Crippen LogP contribution in [0.3, 0.4) is 0 Å². The van der Waals surface area contributed by atoms with Crippen LogP contribution in [0.5, 0.6) is 0 Å². The van der Waals surface area contributed by atoms with Gasteiger partial charge in [0, 0.05) is 14.1 Å². The van der Waals surface area contributed by atoms with E-state index in [0.29, 0.717) is 0 Å². The maximum absolute atomic E-state index is 11.4. The van der Waals surface area contributed by atoms with Crippen molar-refractivity contribution in [2.24, 2.45) is 0 Å². The average Bonchev–Trinajstić information content (AvgIpc) is 2.04. The molecule has 0 atom stereocenters. The second kappa shape index (κ2) is 3.87. The van der Waals surface area contributed by atoms with Crippen LogP contribution in [0, 0.1) is 0 Å². The van der Waals surface area contributed by atoms with E-state index in [0.717, 1.165) is 5.06 Å². The fourth-order valence-corrected chi connectivity index (χ4v) is 1.80. The van der Waals surface area contributed by atoms with Gasteiger partial charge in [0.1, 0.15) is 0 Å². The summed E-state index contributed by atoms with van der Waals surface area (Å²) in [5.41, 5.74) is 0. The van der Waals surface area contributed by atoms with Crippen molar-refractivity contribution in [3.63, 3.8) is 0 Å². The van der Waals surface area contributed by atoms with E-state index >= 15 is 0 Å². The molecule has 0 fully saturated rings. The van der Waals surface area contributed by atoms with Crippen molar-refractivity contribution in [1.82, 2.24) is 5.06 Å². The van der Waals surface area contributed by atoms with Gasteiger partial charge in [0.15, 0.2) is 0 Å². The molecule has 0 aromatic heterocycles. The van der Waals surface area contributed by atoms with Crippen LogP contribution in [-0.2, 0) is 14.4 Å². The van der Waals surface area contributed by atoms with Gasteiger partial charge in [-0.2, -0.15) is 17.8 Å². The van der Waals surface area contributed by atoms with Gasteiger partial charge in [0.05, 0.1) is 4.90 Å². The number of nitrogens with zero attached hydrogens (tertiary/aromatic N) is 1. The summed E-state index contributed by atoms with van der Waals surface area (Å²) >= 11 is 0. The number of benzene rings is 1. The molecule has 0 amide bonds. The van der Waals surface area contributed by atoms with Gasteiger partial charge in [-0.1, -0.05) is 18.2 Å². The summed E-state index contributed by atoms with van der Waals surface area (Å²) < 4.78 is 27.4. The first-order chi connectivity index (χ1) is 6.02. The summed E-state index contributed by atoms with van der Waals surface area (Å²) in [5.74, 6) is 0. The highest BCUT2D eigenvalue weighted by molar-refractivity contribution is 7.86. The molecular weight excluding hydrogens is 190 g/mol. The molecule has 5 heteroatoms. The van der Waals surface area contributed by atoms with E-state index in [4.69, 9.17) is 0 Å². The van der Waals surface area contributed by atoms with Crippen LogP contribution < -0.4 is 0 Å². The zero-order chi connectivity index (χ0) is 9.90. The molecule has 0 radical (unpaired) electrons. The maximum Gasteiger partial charge on any atom is 0.313 e. The van der Waals surface area contributed by atoms with Crippen LogP contribution in [0.1, 0.15) is 0 Å². The fourth-order valence-electron chi connectivity index (χ4n) is 0.826. The topological polar surface area (TPSA) is 46.6 Å². The second-order valence-corrected chi connectivity index (χ2v) is 4.18. The Morgan fingerprint density at radius 2 is 1.69 bits per heavy atom. The van der Waals surface area contributed by atoms with Gasteiger partial charge < -0.3 is 0 Å². The molecule has 1 rings (SSSR count). The van der Waals surface area contributed by atoms with E-state index in [1.807, 2.05) is 0 Å². The van der Waals surface area contributed by atoms with Crippen molar-refractivity contribution in [1.29, 1.82) is 0 Å². The monoisotopic (exact) mass is 201 g/mol. The lowest BCUT2D eigenvalue weighted by molar-refractivity contribution is 0.00514. The van der Waals surface area contributed by atoms with Gasteiger partial charge in [-0.15, -0.1) is 0 Å². The quantitative estimate of drug-likeness (QED) is 0.681. The van der Waals surface area contributed by atoms with Crippen LogP contribution in [0.2, 0.25) is 0 Å². The van der Waals surface area contributed by atoms with E-state index in [2.05, 4.69) is 4.28 Å². The zero-order valence-corrected chi connectivity index (χ0v) is 8.28. The molecule has 0 saturated heterocycles. The molecule has 0 bridgehead atoms. The molecule has 1 aromatic rings. The smallest absolute Gasteiger partial charge is 0.192 e. The van der Waals surface area contributed by atoms with Crippen molar-refractivity contribution >= 4 is 10.1 Å². The minimum atomic E-state index is -3.63. The fraction of sp³-hybridized carbons (Fsp3) is 0.250. The molecular formula is C8H11NO3S. The van der Waals surface area contributed by atoms with E-state index in [9.17, 15) is 8.42 Å². The van der Waals surface area contributed by atoms with Crippen LogP contribution >= 0.6 is 0 Å². The largest absolute Gasteiger partial charge is 0.313 e. The number of hydroxylamine groups is 2. The Hall–Kier alpha value is -0.910. The standard InChI is InChI=1S/C8H11NO3S/c1-9(2)12-13(10,11)8-6-4-3-5-7-8/h3-7H,1-2H3. The summed E-state index contributed by atoms with van der Waals surface area (Å²) in [6.45, 7) is 0. The number of hydrogen-bond donors (Lipinski definition) is 0. The summed E-state index contributed by atoms with van der Waals surface area (Å²) in [4.78, 5) is 0.156. The number of rotatable bonds is 3. The lowest BCUT2D eigenvalue weighted by Crippen LogP contribution is -2.18. The van der Waals surface area contributed by atoms with Crippen molar-refractivity contribution in [3.8, 4) is 0 Å². The molecule has 72 valence electrons. The highest BCUT2D eigenvalue weighted by Crippen LogP contribution is 2.11. The summed E-state index contributed by atoms with van der Waals surface area (Å²) in [5, 5.41) is 1.14. The van der Waals surface area contributed by atoms with Gasteiger partial charge in [0.25, 0.3) is 0 Å². The molecule has 0 unspecified atom stereocenters. The Balaban J connectivity index is 2.96. The third kappa shape index (κ3) is 2.80. The van der Waals surface area contributed by atoms with Gasteiger partial charge >= 0.3 is 10.1 Å². The maximum atomic E-state index is 11.4. The molecule has 0 heterocycles. The highest BCUT2D eigenvalue weighted by Gasteiger charge is 2.15. The summed E-state index contributed by atoms with van der Waals surface area (Å²) in [6.07, 6.45) is 0. The van der Waals surface area contributed by atoms with Crippen LogP contribution in [-0.4, -0.2) is 27.6 Å². The average molecular weight is 201 g/mol. The van der Waals surface area contributed by atoms with E-state index in [1.165, 1.54) is 26.2 Å². The first-order valence-corrected chi connectivity index (χ1v) is 5.10. The Bertz CT molecular complexity index is 358. The number of hydrogen-bond acceptors (Lipinski definition) is 4. The normalized spacial score (nSPS) is 11.9. The Morgan fingerprint density at radius 3 is 2.15 bits per heavy atom. The lowest BCUT2D eigenvalue weighted by Gasteiger charge is -2.09. The first kappa shape index (κ1) is 10.2. The highest BCUT2D eigenvalue weighted by atomic mass is 32.2. The van der Waals surface area contributed by atoms with Gasteiger partial charge in [-0.05, 0) is 12.1 Å². The molecule has 0 N–H and O–H groups in total. The van der Waals surface area contributed by atoms with Crippen LogP contribution in [0.25, 0.3) is 0 Å². The second-order valence-electron chi connectivity index (χ2n) is 2.65. The Kier molecular flexibility index (Phi) is 3.02. The van der Waals surface area contributed by atoms with Crippen molar-refractivity contribution in [3.05, 3.63) is 30.3 Å². The SMILES string of the molecule is CN(C)OS(=O)(=O)c1ccccc1. The minimum Gasteiger partial charge on any atom is -0.192 e. The molecule has 0 saturated carbocycles. The molecule has 1 aromatic carbocycles. The molecule has 4 nitrogen and oxygen atoms in total. The molecule has 0 aliphatic carbocycles. The van der Waals surface area contributed by atoms with Gasteiger partial charge in [0.2, 0.25) is 0 Å². The third-order valence-electron chi connectivity index (χ3n) is 1.28. The van der Waals surface area contributed by atoms with Crippen LogP contribution in [0.15, 0.2) is 35.2 Å². The van der Waals surface area contributed by atoms with Crippen molar-refractivity contribution in [2.45, 2.75) is 4.90 Å². The van der Waals surface area contributed by atoms with E-state index in [-0.39, 0.29) is 4.90 Å². The third-order valence-corrected chi connectivity index (χ3v) is 2.62. The summed E-state index contributed by atoms with van der Waals surface area (Å²) in [7, 11) is -0.605.